The first-order valence-corrected chi connectivity index (χ1v) is 12.9. The number of hydrogen-bond acceptors (Lipinski definition) is 8. The third-order valence-electron chi connectivity index (χ3n) is 5.43. The summed E-state index contributed by atoms with van der Waals surface area (Å²) in [5.41, 5.74) is 0.558. The van der Waals surface area contributed by atoms with Crippen molar-refractivity contribution in [1.82, 2.24) is 0 Å². The van der Waals surface area contributed by atoms with E-state index < -0.39 is 11.9 Å². The summed E-state index contributed by atoms with van der Waals surface area (Å²) in [7, 11) is 0. The number of thiophene rings is 2. The molecular formula is C27H20N2O6S2-2. The number of benzene rings is 2. The minimum atomic E-state index is -1.48. The van der Waals surface area contributed by atoms with E-state index in [1.165, 1.54) is 40.9 Å². The fourth-order valence-corrected chi connectivity index (χ4v) is 5.23. The molecule has 4 aromatic rings. The maximum Gasteiger partial charge on any atom is 0.229 e. The molecular weight excluding hydrogens is 512 g/mol. The van der Waals surface area contributed by atoms with Gasteiger partial charge >= 0.3 is 0 Å². The van der Waals surface area contributed by atoms with Crippen LogP contribution in [0.3, 0.4) is 0 Å². The van der Waals surface area contributed by atoms with Gasteiger partial charge in [-0.2, -0.15) is 0 Å². The van der Waals surface area contributed by atoms with Crippen molar-refractivity contribution in [3.63, 3.8) is 0 Å². The van der Waals surface area contributed by atoms with Gasteiger partial charge in [0.25, 0.3) is 0 Å². The molecule has 0 saturated heterocycles. The monoisotopic (exact) mass is 532 g/mol. The molecule has 0 fully saturated rings. The lowest BCUT2D eigenvalue weighted by molar-refractivity contribution is -0.256. The molecule has 8 nitrogen and oxygen atoms in total. The molecule has 0 aliphatic rings. The fourth-order valence-electron chi connectivity index (χ4n) is 3.82. The molecule has 2 aromatic heterocycles. The van der Waals surface area contributed by atoms with Crippen LogP contribution in [-0.2, 0) is 28.9 Å². The second-order valence-corrected chi connectivity index (χ2v) is 10.1. The zero-order valence-electron chi connectivity index (χ0n) is 19.3. The molecule has 37 heavy (non-hydrogen) atoms. The maximum atomic E-state index is 12.4. The molecule has 10 heteroatoms. The van der Waals surface area contributed by atoms with Gasteiger partial charge in [0, 0.05) is 26.6 Å². The van der Waals surface area contributed by atoms with E-state index >= 15 is 0 Å². The molecule has 0 atom stereocenters. The summed E-state index contributed by atoms with van der Waals surface area (Å²) in [6.07, 6.45) is 0.247. The minimum absolute atomic E-state index is 0.0433. The average Bonchev–Trinajstić information content (AvgIpc) is 3.54. The number of aromatic carboxylic acids is 2. The molecule has 0 saturated carbocycles. The van der Waals surface area contributed by atoms with Crippen LogP contribution in [0.2, 0.25) is 0 Å². The highest BCUT2D eigenvalue weighted by Crippen LogP contribution is 2.25. The summed E-state index contributed by atoms with van der Waals surface area (Å²) in [4.78, 5) is 50.3. The first-order valence-electron chi connectivity index (χ1n) is 11.1. The van der Waals surface area contributed by atoms with Gasteiger partial charge in [-0.3, -0.25) is 9.59 Å². The molecule has 0 unspecified atom stereocenters. The van der Waals surface area contributed by atoms with E-state index in [1.807, 2.05) is 29.0 Å². The van der Waals surface area contributed by atoms with Gasteiger partial charge in [-0.05, 0) is 58.6 Å². The van der Waals surface area contributed by atoms with Gasteiger partial charge < -0.3 is 30.4 Å². The van der Waals surface area contributed by atoms with Crippen molar-refractivity contribution in [2.45, 2.75) is 19.3 Å². The van der Waals surface area contributed by atoms with Crippen LogP contribution in [0, 0.1) is 0 Å². The van der Waals surface area contributed by atoms with Gasteiger partial charge in [-0.15, -0.1) is 22.7 Å². The molecule has 0 aliphatic heterocycles. The van der Waals surface area contributed by atoms with Crippen LogP contribution in [0.25, 0.3) is 0 Å². The number of amides is 2. The third kappa shape index (κ3) is 6.69. The first kappa shape index (κ1) is 25.8. The smallest absolute Gasteiger partial charge is 0.229 e. The molecule has 2 N–H and O–H groups in total. The van der Waals surface area contributed by atoms with E-state index in [2.05, 4.69) is 10.6 Å². The zero-order chi connectivity index (χ0) is 26.4. The van der Waals surface area contributed by atoms with Crippen LogP contribution in [0.1, 0.15) is 41.6 Å². The molecule has 0 spiro atoms. The van der Waals surface area contributed by atoms with Crippen molar-refractivity contribution in [1.29, 1.82) is 0 Å². The quantitative estimate of drug-likeness (QED) is 0.322. The summed E-state index contributed by atoms with van der Waals surface area (Å²) in [6, 6.07) is 16.3. The van der Waals surface area contributed by atoms with Crippen LogP contribution in [0.4, 0.5) is 11.4 Å². The van der Waals surface area contributed by atoms with E-state index in [0.717, 1.165) is 9.75 Å². The topological polar surface area (TPSA) is 138 Å². The number of carboxylic acids is 2. The van der Waals surface area contributed by atoms with Crippen molar-refractivity contribution >= 4 is 57.8 Å². The number of anilines is 2. The van der Waals surface area contributed by atoms with Crippen molar-refractivity contribution in [2.75, 3.05) is 10.6 Å². The molecule has 2 aromatic carbocycles. The number of carbonyl (C=O) groups excluding carboxylic acids is 4. The van der Waals surface area contributed by atoms with E-state index in [0.29, 0.717) is 11.1 Å². The zero-order valence-corrected chi connectivity index (χ0v) is 20.9. The Bertz CT molecular complexity index is 1450. The lowest BCUT2D eigenvalue weighted by atomic mass is 9.96. The normalized spacial score (nSPS) is 10.6. The van der Waals surface area contributed by atoms with Gasteiger partial charge in [0.1, 0.15) is 0 Å². The van der Waals surface area contributed by atoms with Crippen molar-refractivity contribution in [2.24, 2.45) is 0 Å². The molecule has 0 radical (unpaired) electrons. The Morgan fingerprint density at radius 1 is 0.703 bits per heavy atom. The van der Waals surface area contributed by atoms with Crippen LogP contribution < -0.4 is 20.8 Å². The second kappa shape index (κ2) is 11.6. The SMILES string of the molecule is O=C(Cc1cccs1)Nc1ccc(Cc2cccc(NC(=O)Cc3cccs3)c2C(=O)[O-])cc1C(=O)[O-]. The van der Waals surface area contributed by atoms with E-state index in [1.54, 1.807) is 24.3 Å². The van der Waals surface area contributed by atoms with Crippen LogP contribution in [0.15, 0.2) is 71.4 Å². The van der Waals surface area contributed by atoms with Crippen molar-refractivity contribution in [3.05, 3.63) is 103 Å². The van der Waals surface area contributed by atoms with Crippen molar-refractivity contribution in [3.8, 4) is 0 Å². The number of hydrogen-bond donors (Lipinski definition) is 2. The lowest BCUT2D eigenvalue weighted by Crippen LogP contribution is -2.27. The van der Waals surface area contributed by atoms with E-state index in [9.17, 15) is 29.4 Å². The summed E-state index contributed by atoms with van der Waals surface area (Å²) in [5.74, 6) is -3.70. The lowest BCUT2D eigenvalue weighted by Gasteiger charge is -2.18. The van der Waals surface area contributed by atoms with Gasteiger partial charge in [0.15, 0.2) is 0 Å². The Morgan fingerprint density at radius 3 is 1.86 bits per heavy atom. The van der Waals surface area contributed by atoms with Crippen LogP contribution in [0.5, 0.6) is 0 Å². The largest absolute Gasteiger partial charge is 0.545 e. The number of carboxylic acid groups (broad SMARTS) is 2. The summed E-state index contributed by atoms with van der Waals surface area (Å²) in [6.45, 7) is 0. The third-order valence-corrected chi connectivity index (χ3v) is 7.18. The van der Waals surface area contributed by atoms with Gasteiger partial charge in [-0.1, -0.05) is 30.3 Å². The predicted octanol–water partition coefficient (Wildman–Crippen LogP) is 2.49. The standard InChI is InChI=1S/C27H22N2O6S2/c30-23(14-18-5-2-10-36-18)28-21-9-8-16(13-20(21)26(32)33)12-17-4-1-7-22(25(17)27(34)35)29-24(31)15-19-6-3-11-37-19/h1-11,13H,12,14-15H2,(H,28,30)(H,29,31)(H,32,33)(H,34,35)/p-2. The highest BCUT2D eigenvalue weighted by Gasteiger charge is 2.15. The fraction of sp³-hybridized carbons (Fsp3) is 0.111. The predicted molar refractivity (Wildman–Crippen MR) is 138 cm³/mol. The van der Waals surface area contributed by atoms with E-state index in [-0.39, 0.29) is 53.6 Å². The molecule has 0 bridgehead atoms. The molecule has 2 heterocycles. The Hall–Kier alpha value is -4.28. The first-order chi connectivity index (χ1) is 17.8. The second-order valence-electron chi connectivity index (χ2n) is 8.08. The Morgan fingerprint density at radius 2 is 1.32 bits per heavy atom. The van der Waals surface area contributed by atoms with Gasteiger partial charge in [0.05, 0.1) is 30.5 Å². The molecule has 188 valence electrons. The summed E-state index contributed by atoms with van der Waals surface area (Å²) in [5, 5.41) is 32.7. The van der Waals surface area contributed by atoms with Crippen LogP contribution >= 0.6 is 22.7 Å². The van der Waals surface area contributed by atoms with Gasteiger partial charge in [0.2, 0.25) is 11.8 Å². The Kier molecular flexibility index (Phi) is 8.11. The average molecular weight is 533 g/mol. The highest BCUT2D eigenvalue weighted by molar-refractivity contribution is 7.10. The Balaban J connectivity index is 1.55. The minimum Gasteiger partial charge on any atom is -0.545 e. The van der Waals surface area contributed by atoms with Crippen LogP contribution in [-0.4, -0.2) is 23.8 Å². The van der Waals surface area contributed by atoms with Crippen molar-refractivity contribution < 1.29 is 29.4 Å². The summed E-state index contributed by atoms with van der Waals surface area (Å²) >= 11 is 2.83. The summed E-state index contributed by atoms with van der Waals surface area (Å²) < 4.78 is 0. The number of rotatable bonds is 10. The number of nitrogens with one attached hydrogen (secondary N) is 2. The molecule has 2 amide bonds. The van der Waals surface area contributed by atoms with E-state index in [4.69, 9.17) is 0 Å². The number of carbonyl (C=O) groups is 4. The molecule has 0 aliphatic carbocycles. The maximum absolute atomic E-state index is 12.4. The molecule has 4 rings (SSSR count). The Labute approximate surface area is 220 Å². The highest BCUT2D eigenvalue weighted by atomic mass is 32.1. The van der Waals surface area contributed by atoms with Gasteiger partial charge in [-0.25, -0.2) is 0 Å².